The van der Waals surface area contributed by atoms with E-state index in [1.165, 1.54) is 24.3 Å². The lowest BCUT2D eigenvalue weighted by atomic mass is 10.1. The molecule has 0 amide bonds. The highest BCUT2D eigenvalue weighted by atomic mass is 19.3. The molecule has 0 fully saturated rings. The Morgan fingerprint density at radius 1 is 1.12 bits per heavy atom. The number of hydrogen-bond acceptors (Lipinski definition) is 3. The summed E-state index contributed by atoms with van der Waals surface area (Å²) in [7, 11) is 0. The monoisotopic (exact) mass is 253 g/mol. The Bertz CT molecular complexity index is 349. The SMILES string of the molecule is N[C@@H](COC(F)F)c1cccc(OC(F)F)c1. The Labute approximate surface area is 95.1 Å². The molecule has 7 heteroatoms. The van der Waals surface area contributed by atoms with Gasteiger partial charge in [-0.05, 0) is 17.7 Å². The van der Waals surface area contributed by atoms with Crippen LogP contribution in [-0.4, -0.2) is 19.8 Å². The van der Waals surface area contributed by atoms with Crippen molar-refractivity contribution in [2.24, 2.45) is 5.73 Å². The third-order valence-corrected chi connectivity index (χ3v) is 1.91. The van der Waals surface area contributed by atoms with E-state index in [4.69, 9.17) is 5.73 Å². The van der Waals surface area contributed by atoms with Crippen molar-refractivity contribution in [2.45, 2.75) is 19.3 Å². The van der Waals surface area contributed by atoms with E-state index in [0.29, 0.717) is 5.56 Å². The van der Waals surface area contributed by atoms with E-state index < -0.39 is 25.9 Å². The molecule has 0 unspecified atom stereocenters. The van der Waals surface area contributed by atoms with Gasteiger partial charge in [-0.25, -0.2) is 0 Å². The van der Waals surface area contributed by atoms with E-state index in [1.807, 2.05) is 0 Å². The molecule has 1 aromatic rings. The first kappa shape index (κ1) is 13.7. The highest BCUT2D eigenvalue weighted by Gasteiger charge is 2.12. The fourth-order valence-electron chi connectivity index (χ4n) is 1.19. The van der Waals surface area contributed by atoms with Gasteiger partial charge in [0.25, 0.3) is 0 Å². The van der Waals surface area contributed by atoms with E-state index in [1.54, 1.807) is 0 Å². The standard InChI is InChI=1S/C10H11F4NO2/c11-9(12)16-5-8(15)6-2-1-3-7(4-6)17-10(13)14/h1-4,8-10H,5,15H2/t8-/m0/s1. The summed E-state index contributed by atoms with van der Waals surface area (Å²) >= 11 is 0. The van der Waals surface area contributed by atoms with Gasteiger partial charge in [0.15, 0.2) is 0 Å². The van der Waals surface area contributed by atoms with Gasteiger partial charge in [0, 0.05) is 0 Å². The molecule has 0 aromatic heterocycles. The van der Waals surface area contributed by atoms with Crippen LogP contribution in [0.1, 0.15) is 11.6 Å². The second-order valence-corrected chi connectivity index (χ2v) is 3.15. The molecular formula is C10H11F4NO2. The molecule has 0 spiro atoms. The molecular weight excluding hydrogens is 242 g/mol. The molecule has 3 nitrogen and oxygen atoms in total. The van der Waals surface area contributed by atoms with E-state index in [2.05, 4.69) is 9.47 Å². The number of alkyl halides is 4. The van der Waals surface area contributed by atoms with Crippen LogP contribution in [0.5, 0.6) is 5.75 Å². The maximum absolute atomic E-state index is 11.9. The Morgan fingerprint density at radius 2 is 1.82 bits per heavy atom. The van der Waals surface area contributed by atoms with Crippen LogP contribution in [0.4, 0.5) is 17.6 Å². The largest absolute Gasteiger partial charge is 0.435 e. The molecule has 1 aromatic carbocycles. The lowest BCUT2D eigenvalue weighted by Crippen LogP contribution is -2.19. The fraction of sp³-hybridized carbons (Fsp3) is 0.400. The van der Waals surface area contributed by atoms with Crippen LogP contribution in [0.25, 0.3) is 0 Å². The molecule has 17 heavy (non-hydrogen) atoms. The first-order valence-electron chi connectivity index (χ1n) is 4.69. The van der Waals surface area contributed by atoms with Crippen molar-refractivity contribution in [1.82, 2.24) is 0 Å². The molecule has 0 radical (unpaired) electrons. The van der Waals surface area contributed by atoms with Crippen molar-refractivity contribution in [3.8, 4) is 5.75 Å². The average molecular weight is 253 g/mol. The van der Waals surface area contributed by atoms with Gasteiger partial charge in [-0.2, -0.15) is 17.6 Å². The van der Waals surface area contributed by atoms with Crippen LogP contribution in [0.15, 0.2) is 24.3 Å². The zero-order valence-corrected chi connectivity index (χ0v) is 8.65. The topological polar surface area (TPSA) is 44.5 Å². The zero-order valence-electron chi connectivity index (χ0n) is 8.65. The number of nitrogens with two attached hydrogens (primary N) is 1. The predicted molar refractivity (Wildman–Crippen MR) is 52.0 cm³/mol. The van der Waals surface area contributed by atoms with Crippen molar-refractivity contribution in [3.05, 3.63) is 29.8 Å². The van der Waals surface area contributed by atoms with Crippen LogP contribution in [-0.2, 0) is 4.74 Å². The van der Waals surface area contributed by atoms with Crippen molar-refractivity contribution in [3.63, 3.8) is 0 Å². The smallest absolute Gasteiger partial charge is 0.387 e. The second-order valence-electron chi connectivity index (χ2n) is 3.15. The number of ether oxygens (including phenoxy) is 2. The first-order valence-corrected chi connectivity index (χ1v) is 4.69. The summed E-state index contributed by atoms with van der Waals surface area (Å²) in [5.74, 6) is -0.0787. The van der Waals surface area contributed by atoms with Gasteiger partial charge in [-0.3, -0.25) is 0 Å². The summed E-state index contributed by atoms with van der Waals surface area (Å²) in [6.07, 6.45) is 0. The summed E-state index contributed by atoms with van der Waals surface area (Å²) in [4.78, 5) is 0. The maximum Gasteiger partial charge on any atom is 0.387 e. The van der Waals surface area contributed by atoms with Gasteiger partial charge in [0.1, 0.15) is 5.75 Å². The maximum atomic E-state index is 11.9. The lowest BCUT2D eigenvalue weighted by Gasteiger charge is -2.13. The average Bonchev–Trinajstić information content (AvgIpc) is 2.25. The van der Waals surface area contributed by atoms with E-state index >= 15 is 0 Å². The molecule has 2 N–H and O–H groups in total. The molecule has 0 aliphatic carbocycles. The highest BCUT2D eigenvalue weighted by molar-refractivity contribution is 5.30. The third kappa shape index (κ3) is 5.01. The van der Waals surface area contributed by atoms with Gasteiger partial charge in [-0.15, -0.1) is 0 Å². The molecule has 1 atom stereocenters. The Kier molecular flexibility index (Phi) is 5.17. The fourth-order valence-corrected chi connectivity index (χ4v) is 1.19. The molecule has 96 valence electrons. The number of benzene rings is 1. The third-order valence-electron chi connectivity index (χ3n) is 1.91. The van der Waals surface area contributed by atoms with Gasteiger partial charge in [0.2, 0.25) is 0 Å². The van der Waals surface area contributed by atoms with Crippen LogP contribution in [0.2, 0.25) is 0 Å². The number of hydrogen-bond donors (Lipinski definition) is 1. The Balaban J connectivity index is 2.63. The molecule has 0 heterocycles. The van der Waals surface area contributed by atoms with Crippen molar-refractivity contribution in [2.75, 3.05) is 6.61 Å². The normalized spacial score (nSPS) is 13.1. The Hall–Kier alpha value is -1.34. The first-order chi connectivity index (χ1) is 7.99. The van der Waals surface area contributed by atoms with E-state index in [-0.39, 0.29) is 5.75 Å². The lowest BCUT2D eigenvalue weighted by molar-refractivity contribution is -0.132. The van der Waals surface area contributed by atoms with Crippen LogP contribution in [0.3, 0.4) is 0 Å². The van der Waals surface area contributed by atoms with E-state index in [9.17, 15) is 17.6 Å². The molecule has 0 saturated carbocycles. The molecule has 1 rings (SSSR count). The quantitative estimate of drug-likeness (QED) is 0.792. The zero-order chi connectivity index (χ0) is 12.8. The van der Waals surface area contributed by atoms with Crippen molar-refractivity contribution >= 4 is 0 Å². The van der Waals surface area contributed by atoms with Crippen LogP contribution in [0, 0.1) is 0 Å². The molecule has 0 aliphatic rings. The predicted octanol–water partition coefficient (Wildman–Crippen LogP) is 2.53. The summed E-state index contributed by atoms with van der Waals surface area (Å²) < 4.78 is 55.6. The molecule has 0 aliphatic heterocycles. The van der Waals surface area contributed by atoms with Crippen molar-refractivity contribution < 1.29 is 27.0 Å². The minimum atomic E-state index is -2.95. The van der Waals surface area contributed by atoms with Crippen molar-refractivity contribution in [1.29, 1.82) is 0 Å². The van der Waals surface area contributed by atoms with Crippen LogP contribution < -0.4 is 10.5 Å². The minimum Gasteiger partial charge on any atom is -0.435 e. The van der Waals surface area contributed by atoms with Gasteiger partial charge in [0.05, 0.1) is 12.6 Å². The second kappa shape index (κ2) is 6.41. The number of rotatable bonds is 6. The highest BCUT2D eigenvalue weighted by Crippen LogP contribution is 2.20. The van der Waals surface area contributed by atoms with Gasteiger partial charge in [-0.1, -0.05) is 12.1 Å². The summed E-state index contributed by atoms with van der Waals surface area (Å²) in [6, 6.07) is 4.69. The Morgan fingerprint density at radius 3 is 2.41 bits per heavy atom. The van der Waals surface area contributed by atoms with Crippen LogP contribution >= 0.6 is 0 Å². The summed E-state index contributed by atoms with van der Waals surface area (Å²) in [6.45, 7) is -6.27. The minimum absolute atomic E-state index is 0.0787. The number of halogens is 4. The van der Waals surface area contributed by atoms with E-state index in [0.717, 1.165) is 0 Å². The molecule has 0 bridgehead atoms. The summed E-state index contributed by atoms with van der Waals surface area (Å²) in [5.41, 5.74) is 5.92. The summed E-state index contributed by atoms with van der Waals surface area (Å²) in [5, 5.41) is 0. The van der Waals surface area contributed by atoms with Gasteiger partial charge >= 0.3 is 13.2 Å². The molecule has 0 saturated heterocycles. The van der Waals surface area contributed by atoms with Gasteiger partial charge < -0.3 is 15.2 Å².